The van der Waals surface area contributed by atoms with E-state index in [0.717, 1.165) is 0 Å². The van der Waals surface area contributed by atoms with Crippen LogP contribution in [0, 0.1) is 0 Å². The summed E-state index contributed by atoms with van der Waals surface area (Å²) in [6.07, 6.45) is 0. The van der Waals surface area contributed by atoms with Crippen molar-refractivity contribution in [1.29, 1.82) is 0 Å². The summed E-state index contributed by atoms with van der Waals surface area (Å²) >= 11 is 0. The van der Waals surface area contributed by atoms with Gasteiger partial charge in [0.15, 0.2) is 0 Å². The third-order valence-electron chi connectivity index (χ3n) is 0.144. The van der Waals surface area contributed by atoms with Crippen LogP contribution in [-0.2, 0) is 17.1 Å². The van der Waals surface area contributed by atoms with E-state index in [4.69, 9.17) is 0 Å². The van der Waals surface area contributed by atoms with Crippen molar-refractivity contribution in [1.82, 2.24) is 16.6 Å². The standard InChI is InChI=1S/Mn.H7N5/c;1-3-5-4-2/h;3-5H,1-2H2. The van der Waals surface area contributed by atoms with Crippen molar-refractivity contribution in [2.24, 2.45) is 11.7 Å². The molecule has 6 heavy (non-hydrogen) atoms. The van der Waals surface area contributed by atoms with E-state index in [1.165, 1.54) is 0 Å². The summed E-state index contributed by atoms with van der Waals surface area (Å²) in [6, 6.07) is 0. The molecule has 0 fully saturated rings. The maximum Gasteiger partial charge on any atom is 0 e. The average Bonchev–Trinajstić information content (AvgIpc) is 1.41. The molecule has 0 aliphatic carbocycles. The van der Waals surface area contributed by atoms with E-state index in [1.807, 2.05) is 11.1 Å². The number of nitrogens with two attached hydrogens (primary N) is 2. The van der Waals surface area contributed by atoms with E-state index >= 15 is 0 Å². The molecule has 0 saturated heterocycles. The molecule has 5 nitrogen and oxygen atoms in total. The summed E-state index contributed by atoms with van der Waals surface area (Å²) in [4.78, 5) is 0. The van der Waals surface area contributed by atoms with Crippen molar-refractivity contribution in [2.75, 3.05) is 0 Å². The van der Waals surface area contributed by atoms with Crippen molar-refractivity contribution >= 4 is 0 Å². The largest absolute Gasteiger partial charge is 0.257 e. The second kappa shape index (κ2) is 9.01. The smallest absolute Gasteiger partial charge is 0 e. The van der Waals surface area contributed by atoms with Crippen LogP contribution in [0.15, 0.2) is 0 Å². The molecule has 0 amide bonds. The molecule has 0 bridgehead atoms. The van der Waals surface area contributed by atoms with Crippen molar-refractivity contribution in [3.05, 3.63) is 0 Å². The number of nitrogens with one attached hydrogen (secondary N) is 3. The van der Waals surface area contributed by atoms with Crippen LogP contribution < -0.4 is 28.3 Å². The second-order valence-electron chi connectivity index (χ2n) is 0.414. The predicted molar refractivity (Wildman–Crippen MR) is 17.8 cm³/mol. The first-order chi connectivity index (χ1) is 2.41. The Bertz CT molecular complexity index is 11.4. The van der Waals surface area contributed by atoms with Crippen LogP contribution in [0.3, 0.4) is 0 Å². The van der Waals surface area contributed by atoms with Crippen LogP contribution in [0.4, 0.5) is 0 Å². The van der Waals surface area contributed by atoms with Gasteiger partial charge >= 0.3 is 0 Å². The minimum absolute atomic E-state index is 0. The van der Waals surface area contributed by atoms with Gasteiger partial charge in [-0.25, -0.2) is 0 Å². The number of rotatable bonds is 2. The predicted octanol–water partition coefficient (Wildman–Crippen LogP) is -2.67. The van der Waals surface area contributed by atoms with Crippen LogP contribution in [-0.4, -0.2) is 0 Å². The summed E-state index contributed by atoms with van der Waals surface area (Å²) < 4.78 is 0. The Labute approximate surface area is 46.2 Å². The molecule has 0 rings (SSSR count). The molecule has 1 radical (unpaired) electrons. The number of hydrogen-bond acceptors (Lipinski definition) is 5. The summed E-state index contributed by atoms with van der Waals surface area (Å²) in [6.45, 7) is 0. The fourth-order valence-corrected chi connectivity index (χ4v) is 0.0417. The molecule has 0 aromatic carbocycles. The normalized spacial score (nSPS) is 7.00. The molecular formula is H7MnN5. The molecule has 0 aliphatic rings. The zero-order valence-corrected chi connectivity index (χ0v) is 4.21. The van der Waals surface area contributed by atoms with Crippen LogP contribution in [0.2, 0.25) is 0 Å². The molecule has 0 atom stereocenters. The van der Waals surface area contributed by atoms with Gasteiger partial charge in [0.05, 0.1) is 0 Å². The number of hydrogen-bond donors (Lipinski definition) is 5. The van der Waals surface area contributed by atoms with Crippen LogP contribution in [0.5, 0.6) is 0 Å². The van der Waals surface area contributed by atoms with Crippen LogP contribution >= 0.6 is 0 Å². The van der Waals surface area contributed by atoms with E-state index < -0.39 is 0 Å². The molecule has 0 unspecified atom stereocenters. The first-order valence-corrected chi connectivity index (χ1v) is 1.08. The van der Waals surface area contributed by atoms with Gasteiger partial charge in [0, 0.05) is 17.1 Å². The summed E-state index contributed by atoms with van der Waals surface area (Å²) in [7, 11) is 0. The van der Waals surface area contributed by atoms with Gasteiger partial charge in [0.2, 0.25) is 0 Å². The van der Waals surface area contributed by atoms with Gasteiger partial charge < -0.3 is 0 Å². The molecule has 0 spiro atoms. The van der Waals surface area contributed by atoms with Gasteiger partial charge in [-0.2, -0.15) is 16.6 Å². The Hall–Kier alpha value is 0.319. The Balaban J connectivity index is 0. The fraction of sp³-hybridized carbons (Fsp3) is 0. The van der Waals surface area contributed by atoms with Gasteiger partial charge in [-0.3, -0.25) is 11.7 Å². The fourth-order valence-electron chi connectivity index (χ4n) is 0.0417. The van der Waals surface area contributed by atoms with Crippen molar-refractivity contribution < 1.29 is 17.1 Å². The zero-order valence-electron chi connectivity index (χ0n) is 3.03. The topological polar surface area (TPSA) is 88.1 Å². The van der Waals surface area contributed by atoms with E-state index in [9.17, 15) is 0 Å². The maximum atomic E-state index is 4.64. The van der Waals surface area contributed by atoms with Crippen molar-refractivity contribution in [3.8, 4) is 0 Å². The van der Waals surface area contributed by atoms with Crippen LogP contribution in [0.25, 0.3) is 0 Å². The van der Waals surface area contributed by atoms with Gasteiger partial charge in [-0.1, -0.05) is 0 Å². The Morgan fingerprint density at radius 3 is 1.33 bits per heavy atom. The van der Waals surface area contributed by atoms with Crippen LogP contribution in [0.1, 0.15) is 0 Å². The van der Waals surface area contributed by atoms with E-state index in [1.54, 1.807) is 0 Å². The SMILES string of the molecule is NNNNN.[Mn]. The summed E-state index contributed by atoms with van der Waals surface area (Å²) in [5, 5.41) is 0. The van der Waals surface area contributed by atoms with Gasteiger partial charge in [0.1, 0.15) is 0 Å². The Morgan fingerprint density at radius 2 is 1.33 bits per heavy atom. The summed E-state index contributed by atoms with van der Waals surface area (Å²) in [5.74, 6) is 9.27. The molecule has 39 valence electrons. The molecule has 0 heterocycles. The molecular weight excluding hydrogens is 125 g/mol. The van der Waals surface area contributed by atoms with E-state index in [-0.39, 0.29) is 17.1 Å². The minimum atomic E-state index is 0. The zero-order chi connectivity index (χ0) is 4.12. The molecule has 0 aliphatic heterocycles. The Kier molecular flexibility index (Phi) is 14.4. The quantitative estimate of drug-likeness (QED) is 0.161. The van der Waals surface area contributed by atoms with Crippen molar-refractivity contribution in [2.45, 2.75) is 0 Å². The van der Waals surface area contributed by atoms with Gasteiger partial charge in [0.25, 0.3) is 0 Å². The molecule has 0 saturated carbocycles. The maximum absolute atomic E-state index is 4.64. The monoisotopic (exact) mass is 132 g/mol. The molecule has 6 heteroatoms. The van der Waals surface area contributed by atoms with Crippen molar-refractivity contribution in [3.63, 3.8) is 0 Å². The third-order valence-corrected chi connectivity index (χ3v) is 0.144. The number of hydrazine groups is 4. The average molecular weight is 132 g/mol. The third kappa shape index (κ3) is 8.85. The van der Waals surface area contributed by atoms with E-state index in [0.29, 0.717) is 0 Å². The molecule has 0 aromatic rings. The van der Waals surface area contributed by atoms with Gasteiger partial charge in [-0.05, 0) is 0 Å². The Morgan fingerprint density at radius 1 is 1.00 bits per heavy atom. The first-order valence-electron chi connectivity index (χ1n) is 1.08. The summed E-state index contributed by atoms with van der Waals surface area (Å²) in [5.41, 5.74) is 6.23. The van der Waals surface area contributed by atoms with E-state index in [2.05, 4.69) is 17.2 Å². The molecule has 7 N–H and O–H groups in total. The molecule has 0 aromatic heterocycles. The van der Waals surface area contributed by atoms with Gasteiger partial charge in [-0.15, -0.1) is 0 Å². The second-order valence-corrected chi connectivity index (χ2v) is 0.414. The first kappa shape index (κ1) is 9.58. The minimum Gasteiger partial charge on any atom is -0.257 e.